The average Bonchev–Trinajstić information content (AvgIpc) is 2.17. The van der Waals surface area contributed by atoms with E-state index in [2.05, 4.69) is 22.6 Å². The van der Waals surface area contributed by atoms with Crippen molar-refractivity contribution in [1.82, 2.24) is 5.32 Å². The largest absolute Gasteiger partial charge is 0.411 e. The molecule has 0 bridgehead atoms. The fraction of sp³-hybridized carbons (Fsp3) is 0.700. The summed E-state index contributed by atoms with van der Waals surface area (Å²) in [5.74, 6) is 0. The molecule has 80 valence electrons. The van der Waals surface area contributed by atoms with Gasteiger partial charge in [-0.05, 0) is 25.7 Å². The number of aliphatic hydroxyl groups is 1. The van der Waals surface area contributed by atoms with E-state index in [1.165, 1.54) is 0 Å². The van der Waals surface area contributed by atoms with Crippen LogP contribution in [-0.2, 0) is 0 Å². The summed E-state index contributed by atoms with van der Waals surface area (Å²) in [5.41, 5.74) is 0.794. The van der Waals surface area contributed by atoms with Crippen LogP contribution in [-0.4, -0.2) is 35.2 Å². The second kappa shape index (κ2) is 6.56. The summed E-state index contributed by atoms with van der Waals surface area (Å²) in [5, 5.41) is 24.0. The summed E-state index contributed by atoms with van der Waals surface area (Å²) in [6.07, 6.45) is 7.90. The number of aliphatic hydroxyl groups excluding tert-OH is 1. The Balaban J connectivity index is 2.52. The zero-order valence-electron chi connectivity index (χ0n) is 8.32. The number of allylic oxidation sites excluding steroid dienone is 2. The molecular formula is C10H18N2O2. The zero-order chi connectivity index (χ0) is 10.2. The molecule has 0 saturated carbocycles. The lowest BCUT2D eigenvalue weighted by Crippen LogP contribution is -2.38. The molecule has 1 atom stereocenters. The quantitative estimate of drug-likeness (QED) is 0.358. The van der Waals surface area contributed by atoms with Crippen molar-refractivity contribution in [2.45, 2.75) is 31.7 Å². The Kier molecular flexibility index (Phi) is 5.25. The summed E-state index contributed by atoms with van der Waals surface area (Å²) in [7, 11) is 0. The first kappa shape index (κ1) is 11.2. The first-order valence-electron chi connectivity index (χ1n) is 5.08. The highest BCUT2D eigenvalue weighted by atomic mass is 16.4. The van der Waals surface area contributed by atoms with Crippen molar-refractivity contribution in [1.29, 1.82) is 0 Å². The van der Waals surface area contributed by atoms with Gasteiger partial charge >= 0.3 is 0 Å². The van der Waals surface area contributed by atoms with Crippen LogP contribution in [0.25, 0.3) is 0 Å². The fourth-order valence-electron chi connectivity index (χ4n) is 1.65. The van der Waals surface area contributed by atoms with Crippen LogP contribution in [0.5, 0.6) is 0 Å². The third-order valence-corrected chi connectivity index (χ3v) is 2.39. The van der Waals surface area contributed by atoms with E-state index < -0.39 is 0 Å². The zero-order valence-corrected chi connectivity index (χ0v) is 8.32. The highest BCUT2D eigenvalue weighted by Crippen LogP contribution is 2.10. The van der Waals surface area contributed by atoms with Gasteiger partial charge in [-0.15, -0.1) is 0 Å². The van der Waals surface area contributed by atoms with E-state index in [1.54, 1.807) is 0 Å². The molecule has 0 amide bonds. The smallest absolute Gasteiger partial charge is 0.0742 e. The number of rotatable bonds is 3. The standard InChI is InChI=1S/C10H18N2O2/c13-8-7-11-9-5-3-1-2-4-6-10(9)12-14/h1-2,9,11,13-14H,3-8H2. The molecule has 1 unspecified atom stereocenters. The van der Waals surface area contributed by atoms with Gasteiger partial charge in [0, 0.05) is 12.6 Å². The highest BCUT2D eigenvalue weighted by molar-refractivity contribution is 5.89. The van der Waals surface area contributed by atoms with Crippen molar-refractivity contribution < 1.29 is 10.3 Å². The van der Waals surface area contributed by atoms with Gasteiger partial charge in [-0.2, -0.15) is 0 Å². The summed E-state index contributed by atoms with van der Waals surface area (Å²) in [4.78, 5) is 0. The van der Waals surface area contributed by atoms with Crippen LogP contribution < -0.4 is 5.32 Å². The Morgan fingerprint density at radius 3 is 2.93 bits per heavy atom. The van der Waals surface area contributed by atoms with Gasteiger partial charge in [0.05, 0.1) is 12.3 Å². The minimum atomic E-state index is 0.108. The molecule has 1 aliphatic carbocycles. The van der Waals surface area contributed by atoms with Gasteiger partial charge in [0.25, 0.3) is 0 Å². The number of hydrogen-bond donors (Lipinski definition) is 3. The summed E-state index contributed by atoms with van der Waals surface area (Å²) < 4.78 is 0. The van der Waals surface area contributed by atoms with Gasteiger partial charge in [-0.3, -0.25) is 0 Å². The van der Waals surface area contributed by atoms with Crippen molar-refractivity contribution in [2.75, 3.05) is 13.2 Å². The molecule has 0 aliphatic heterocycles. The van der Waals surface area contributed by atoms with E-state index in [1.807, 2.05) is 0 Å². The van der Waals surface area contributed by atoms with Gasteiger partial charge in [-0.25, -0.2) is 0 Å². The second-order valence-electron chi connectivity index (χ2n) is 3.41. The van der Waals surface area contributed by atoms with E-state index in [4.69, 9.17) is 10.3 Å². The molecular weight excluding hydrogens is 180 g/mol. The topological polar surface area (TPSA) is 64.8 Å². The van der Waals surface area contributed by atoms with Crippen LogP contribution in [0.15, 0.2) is 17.3 Å². The van der Waals surface area contributed by atoms with Gasteiger partial charge in [-0.1, -0.05) is 17.3 Å². The third kappa shape index (κ3) is 3.47. The first-order chi connectivity index (χ1) is 6.88. The Labute approximate surface area is 84.3 Å². The minimum absolute atomic E-state index is 0.108. The minimum Gasteiger partial charge on any atom is -0.411 e. The highest BCUT2D eigenvalue weighted by Gasteiger charge is 2.15. The number of nitrogens with one attached hydrogen (secondary N) is 1. The van der Waals surface area contributed by atoms with Gasteiger partial charge in [0.15, 0.2) is 0 Å². The first-order valence-corrected chi connectivity index (χ1v) is 5.08. The lowest BCUT2D eigenvalue weighted by Gasteiger charge is -2.19. The van der Waals surface area contributed by atoms with Gasteiger partial charge in [0.1, 0.15) is 0 Å². The van der Waals surface area contributed by atoms with Crippen molar-refractivity contribution in [3.05, 3.63) is 12.2 Å². The van der Waals surface area contributed by atoms with Crippen molar-refractivity contribution in [2.24, 2.45) is 5.16 Å². The summed E-state index contributed by atoms with van der Waals surface area (Å²) in [6, 6.07) is 0.108. The predicted molar refractivity (Wildman–Crippen MR) is 55.7 cm³/mol. The molecule has 0 saturated heterocycles. The van der Waals surface area contributed by atoms with Gasteiger partial charge < -0.3 is 15.6 Å². The molecule has 0 radical (unpaired) electrons. The van der Waals surface area contributed by atoms with E-state index in [9.17, 15) is 0 Å². The van der Waals surface area contributed by atoms with Gasteiger partial charge in [0.2, 0.25) is 0 Å². The summed E-state index contributed by atoms with van der Waals surface area (Å²) >= 11 is 0. The molecule has 0 heterocycles. The molecule has 0 fully saturated rings. The SMILES string of the molecule is OCCNC1CCC=CCCC1=NO. The summed E-state index contributed by atoms with van der Waals surface area (Å²) in [6.45, 7) is 0.665. The molecule has 1 aliphatic rings. The molecule has 0 aromatic carbocycles. The Hall–Kier alpha value is -0.870. The van der Waals surface area contributed by atoms with Crippen LogP contribution in [0.1, 0.15) is 25.7 Å². The average molecular weight is 198 g/mol. The van der Waals surface area contributed by atoms with Crippen LogP contribution in [0, 0.1) is 0 Å². The molecule has 4 nitrogen and oxygen atoms in total. The van der Waals surface area contributed by atoms with Crippen molar-refractivity contribution in [3.8, 4) is 0 Å². The van der Waals surface area contributed by atoms with E-state index in [0.717, 1.165) is 31.4 Å². The molecule has 3 N–H and O–H groups in total. The number of oxime groups is 1. The second-order valence-corrected chi connectivity index (χ2v) is 3.41. The van der Waals surface area contributed by atoms with Crippen LogP contribution in [0.3, 0.4) is 0 Å². The maximum atomic E-state index is 8.84. The monoisotopic (exact) mass is 198 g/mol. The van der Waals surface area contributed by atoms with Crippen molar-refractivity contribution in [3.63, 3.8) is 0 Å². The van der Waals surface area contributed by atoms with E-state index in [0.29, 0.717) is 6.54 Å². The number of hydrogen-bond acceptors (Lipinski definition) is 4. The molecule has 0 aromatic heterocycles. The maximum Gasteiger partial charge on any atom is 0.0742 e. The lowest BCUT2D eigenvalue weighted by molar-refractivity contribution is 0.285. The maximum absolute atomic E-state index is 8.84. The molecule has 14 heavy (non-hydrogen) atoms. The van der Waals surface area contributed by atoms with Crippen LogP contribution in [0.4, 0.5) is 0 Å². The Bertz CT molecular complexity index is 214. The lowest BCUT2D eigenvalue weighted by atomic mass is 9.99. The fourth-order valence-corrected chi connectivity index (χ4v) is 1.65. The number of nitrogens with zero attached hydrogens (tertiary/aromatic N) is 1. The molecule has 0 aromatic rings. The van der Waals surface area contributed by atoms with E-state index >= 15 is 0 Å². The molecule has 4 heteroatoms. The molecule has 0 spiro atoms. The van der Waals surface area contributed by atoms with Crippen molar-refractivity contribution >= 4 is 5.71 Å². The predicted octanol–water partition coefficient (Wildman–Crippen LogP) is 0.897. The Morgan fingerprint density at radius 2 is 2.21 bits per heavy atom. The normalized spacial score (nSPS) is 26.1. The van der Waals surface area contributed by atoms with Crippen LogP contribution >= 0.6 is 0 Å². The Morgan fingerprint density at radius 1 is 1.43 bits per heavy atom. The molecule has 1 rings (SSSR count). The van der Waals surface area contributed by atoms with E-state index in [-0.39, 0.29) is 12.6 Å². The van der Waals surface area contributed by atoms with Crippen LogP contribution in [0.2, 0.25) is 0 Å². The third-order valence-electron chi connectivity index (χ3n) is 2.39.